The molecule has 0 heterocycles. The van der Waals surface area contributed by atoms with Crippen LogP contribution in [0.2, 0.25) is 5.02 Å². The normalized spacial score (nSPS) is 11.7. The standard InChI is InChI=1S/C10H13ClN2/c1-2-4-10(12)13-9-6-3-5-8(11)7-9/h3,5-7H,2,4H2,1H3,(H2,12,13). The lowest BCUT2D eigenvalue weighted by Gasteiger charge is -1.98. The fourth-order valence-electron chi connectivity index (χ4n) is 1.02. The second-order valence-electron chi connectivity index (χ2n) is 2.83. The van der Waals surface area contributed by atoms with Crippen molar-refractivity contribution in [2.45, 2.75) is 19.8 Å². The third kappa shape index (κ3) is 3.47. The Hall–Kier alpha value is -1.02. The molecule has 0 atom stereocenters. The zero-order valence-corrected chi connectivity index (χ0v) is 8.38. The van der Waals surface area contributed by atoms with Gasteiger partial charge >= 0.3 is 0 Å². The summed E-state index contributed by atoms with van der Waals surface area (Å²) >= 11 is 5.80. The molecule has 0 radical (unpaired) electrons. The lowest BCUT2D eigenvalue weighted by atomic mass is 10.3. The zero-order chi connectivity index (χ0) is 9.68. The molecule has 0 aliphatic heterocycles. The first-order valence-electron chi connectivity index (χ1n) is 4.31. The molecule has 1 rings (SSSR count). The highest BCUT2D eigenvalue weighted by Crippen LogP contribution is 2.17. The third-order valence-corrected chi connectivity index (χ3v) is 1.82. The van der Waals surface area contributed by atoms with Crippen molar-refractivity contribution in [1.82, 2.24) is 0 Å². The quantitative estimate of drug-likeness (QED) is 0.586. The van der Waals surface area contributed by atoms with E-state index in [2.05, 4.69) is 11.9 Å². The van der Waals surface area contributed by atoms with Crippen LogP contribution in [0.3, 0.4) is 0 Å². The molecule has 0 aromatic heterocycles. The van der Waals surface area contributed by atoms with Gasteiger partial charge in [-0.05, 0) is 24.6 Å². The van der Waals surface area contributed by atoms with Gasteiger partial charge in [-0.15, -0.1) is 0 Å². The van der Waals surface area contributed by atoms with Crippen molar-refractivity contribution in [3.8, 4) is 0 Å². The molecular weight excluding hydrogens is 184 g/mol. The predicted molar refractivity (Wildman–Crippen MR) is 57.6 cm³/mol. The molecule has 1 aromatic rings. The highest BCUT2D eigenvalue weighted by atomic mass is 35.5. The monoisotopic (exact) mass is 196 g/mol. The highest BCUT2D eigenvalue weighted by molar-refractivity contribution is 6.30. The Morgan fingerprint density at radius 3 is 2.92 bits per heavy atom. The highest BCUT2D eigenvalue weighted by Gasteiger charge is 1.93. The van der Waals surface area contributed by atoms with Gasteiger partial charge < -0.3 is 5.73 Å². The molecule has 0 unspecified atom stereocenters. The van der Waals surface area contributed by atoms with Gasteiger partial charge in [0, 0.05) is 11.4 Å². The molecule has 1 aromatic carbocycles. The van der Waals surface area contributed by atoms with Crippen molar-refractivity contribution in [2.24, 2.45) is 10.7 Å². The van der Waals surface area contributed by atoms with E-state index in [0.717, 1.165) is 18.5 Å². The second-order valence-corrected chi connectivity index (χ2v) is 3.27. The Morgan fingerprint density at radius 1 is 1.54 bits per heavy atom. The molecule has 0 saturated heterocycles. The minimum atomic E-state index is 0.657. The Morgan fingerprint density at radius 2 is 2.31 bits per heavy atom. The number of rotatable bonds is 3. The Bertz CT molecular complexity index is 308. The number of hydrogen-bond acceptors (Lipinski definition) is 1. The molecule has 0 aliphatic carbocycles. The average Bonchev–Trinajstić information content (AvgIpc) is 2.04. The first kappa shape index (κ1) is 10.1. The van der Waals surface area contributed by atoms with E-state index in [9.17, 15) is 0 Å². The summed E-state index contributed by atoms with van der Waals surface area (Å²) in [4.78, 5) is 4.22. The molecule has 0 bridgehead atoms. The van der Waals surface area contributed by atoms with Gasteiger partial charge in [0.1, 0.15) is 0 Å². The van der Waals surface area contributed by atoms with Crippen molar-refractivity contribution in [1.29, 1.82) is 0 Å². The molecule has 0 amide bonds. The first-order chi connectivity index (χ1) is 6.22. The van der Waals surface area contributed by atoms with Crippen molar-refractivity contribution in [3.05, 3.63) is 29.3 Å². The van der Waals surface area contributed by atoms with Crippen molar-refractivity contribution in [2.75, 3.05) is 0 Å². The van der Waals surface area contributed by atoms with Crippen molar-refractivity contribution >= 4 is 23.1 Å². The zero-order valence-electron chi connectivity index (χ0n) is 7.63. The molecule has 3 heteroatoms. The van der Waals surface area contributed by atoms with Gasteiger partial charge in [-0.2, -0.15) is 0 Å². The van der Waals surface area contributed by atoms with Crippen LogP contribution >= 0.6 is 11.6 Å². The lowest BCUT2D eigenvalue weighted by molar-refractivity contribution is 0.983. The summed E-state index contributed by atoms with van der Waals surface area (Å²) in [5.74, 6) is 0.657. The molecule has 13 heavy (non-hydrogen) atoms. The second kappa shape index (κ2) is 4.87. The first-order valence-corrected chi connectivity index (χ1v) is 4.68. The minimum Gasteiger partial charge on any atom is -0.387 e. The van der Waals surface area contributed by atoms with E-state index >= 15 is 0 Å². The van der Waals surface area contributed by atoms with Crippen LogP contribution in [0.4, 0.5) is 5.69 Å². The number of aliphatic imine (C=N–C) groups is 1. The Kier molecular flexibility index (Phi) is 3.77. The van der Waals surface area contributed by atoms with Crippen LogP contribution in [0.25, 0.3) is 0 Å². The summed E-state index contributed by atoms with van der Waals surface area (Å²) in [5.41, 5.74) is 6.49. The van der Waals surface area contributed by atoms with Gasteiger partial charge in [0.25, 0.3) is 0 Å². The van der Waals surface area contributed by atoms with Crippen LogP contribution in [0.15, 0.2) is 29.3 Å². The van der Waals surface area contributed by atoms with Crippen molar-refractivity contribution in [3.63, 3.8) is 0 Å². The van der Waals surface area contributed by atoms with E-state index in [1.165, 1.54) is 0 Å². The maximum atomic E-state index is 5.80. The molecule has 0 saturated carbocycles. The molecule has 2 nitrogen and oxygen atoms in total. The van der Waals surface area contributed by atoms with E-state index in [0.29, 0.717) is 10.9 Å². The van der Waals surface area contributed by atoms with Gasteiger partial charge in [0.2, 0.25) is 0 Å². The summed E-state index contributed by atoms with van der Waals surface area (Å²) in [6.07, 6.45) is 1.84. The molecule has 0 aliphatic rings. The fourth-order valence-corrected chi connectivity index (χ4v) is 1.21. The van der Waals surface area contributed by atoms with E-state index in [-0.39, 0.29) is 0 Å². The third-order valence-electron chi connectivity index (χ3n) is 1.59. The smallest absolute Gasteiger partial charge is 0.0996 e. The summed E-state index contributed by atoms with van der Waals surface area (Å²) in [7, 11) is 0. The lowest BCUT2D eigenvalue weighted by Crippen LogP contribution is -2.09. The number of hydrogen-bond donors (Lipinski definition) is 1. The molecule has 2 N–H and O–H groups in total. The number of amidine groups is 1. The number of halogens is 1. The Labute approximate surface area is 83.4 Å². The van der Waals surface area contributed by atoms with Crippen LogP contribution in [-0.2, 0) is 0 Å². The van der Waals surface area contributed by atoms with Gasteiger partial charge in [-0.1, -0.05) is 24.6 Å². The molecule has 70 valence electrons. The van der Waals surface area contributed by atoms with Gasteiger partial charge in [0.05, 0.1) is 11.5 Å². The Balaban J connectivity index is 2.78. The summed E-state index contributed by atoms with van der Waals surface area (Å²) in [5, 5.41) is 0.686. The molecule has 0 fully saturated rings. The number of benzene rings is 1. The predicted octanol–water partition coefficient (Wildman–Crippen LogP) is 3.13. The van der Waals surface area contributed by atoms with E-state index in [4.69, 9.17) is 17.3 Å². The van der Waals surface area contributed by atoms with Crippen molar-refractivity contribution < 1.29 is 0 Å². The maximum Gasteiger partial charge on any atom is 0.0996 e. The average molecular weight is 197 g/mol. The largest absolute Gasteiger partial charge is 0.387 e. The van der Waals surface area contributed by atoms with Crippen LogP contribution in [-0.4, -0.2) is 5.84 Å². The van der Waals surface area contributed by atoms with Gasteiger partial charge in [-0.3, -0.25) is 0 Å². The summed E-state index contributed by atoms with van der Waals surface area (Å²) in [6, 6.07) is 7.36. The maximum absolute atomic E-state index is 5.80. The minimum absolute atomic E-state index is 0.657. The fraction of sp³-hybridized carbons (Fsp3) is 0.300. The van der Waals surface area contributed by atoms with Crippen LogP contribution in [0.5, 0.6) is 0 Å². The van der Waals surface area contributed by atoms with E-state index in [1.807, 2.05) is 18.2 Å². The van der Waals surface area contributed by atoms with E-state index in [1.54, 1.807) is 6.07 Å². The van der Waals surface area contributed by atoms with Gasteiger partial charge in [0.15, 0.2) is 0 Å². The SMILES string of the molecule is CCCC(N)=Nc1cccc(Cl)c1. The summed E-state index contributed by atoms with van der Waals surface area (Å²) < 4.78 is 0. The number of nitrogens with two attached hydrogens (primary N) is 1. The van der Waals surface area contributed by atoms with Gasteiger partial charge in [-0.25, -0.2) is 4.99 Å². The molecule has 0 spiro atoms. The van der Waals surface area contributed by atoms with Crippen LogP contribution < -0.4 is 5.73 Å². The number of nitrogens with zero attached hydrogens (tertiary/aromatic N) is 1. The van der Waals surface area contributed by atoms with E-state index < -0.39 is 0 Å². The van der Waals surface area contributed by atoms with Crippen LogP contribution in [0.1, 0.15) is 19.8 Å². The topological polar surface area (TPSA) is 38.4 Å². The van der Waals surface area contributed by atoms with Crippen LogP contribution in [0, 0.1) is 0 Å². The summed E-state index contributed by atoms with van der Waals surface area (Å²) in [6.45, 7) is 2.07. The molecular formula is C10H13ClN2.